The number of thiophene rings is 1. The molecule has 0 aliphatic carbocycles. The van der Waals surface area contributed by atoms with E-state index in [9.17, 15) is 5.11 Å². The number of aromatic amines is 1. The molecule has 2 aromatic heterocycles. The molecular formula is C12H9N3OS. The lowest BCUT2D eigenvalue weighted by Gasteiger charge is -1.97. The van der Waals surface area contributed by atoms with E-state index in [2.05, 4.69) is 15.2 Å². The Bertz CT molecular complexity index is 631. The Kier molecular flexibility index (Phi) is 2.38. The van der Waals surface area contributed by atoms with E-state index in [0.717, 1.165) is 10.7 Å². The molecule has 17 heavy (non-hydrogen) atoms. The van der Waals surface area contributed by atoms with E-state index in [-0.39, 0.29) is 5.75 Å². The van der Waals surface area contributed by atoms with Crippen LogP contribution in [-0.2, 0) is 0 Å². The molecule has 0 atom stereocenters. The standard InChI is InChI=1S/C12H9N3OS/c16-9-5-2-1-4-8(9)11-13-12(15-14-11)10-6-3-7-17-10/h1-7,16H,(H,13,14,15). The molecule has 0 bridgehead atoms. The molecule has 0 saturated heterocycles. The minimum atomic E-state index is 0.184. The summed E-state index contributed by atoms with van der Waals surface area (Å²) in [5, 5.41) is 18.7. The van der Waals surface area contributed by atoms with Crippen LogP contribution >= 0.6 is 11.3 Å². The fraction of sp³-hybridized carbons (Fsp3) is 0. The van der Waals surface area contributed by atoms with Crippen LogP contribution in [-0.4, -0.2) is 20.3 Å². The van der Waals surface area contributed by atoms with Crippen LogP contribution in [0.1, 0.15) is 0 Å². The molecule has 0 aliphatic rings. The van der Waals surface area contributed by atoms with Crippen LogP contribution in [0.4, 0.5) is 0 Å². The number of rotatable bonds is 2. The van der Waals surface area contributed by atoms with Crippen molar-refractivity contribution in [3.8, 4) is 27.8 Å². The van der Waals surface area contributed by atoms with Crippen molar-refractivity contribution in [1.29, 1.82) is 0 Å². The number of nitrogens with one attached hydrogen (secondary N) is 1. The second kappa shape index (κ2) is 4.03. The second-order valence-electron chi connectivity index (χ2n) is 3.50. The van der Waals surface area contributed by atoms with E-state index in [0.29, 0.717) is 11.4 Å². The van der Waals surface area contributed by atoms with Gasteiger partial charge >= 0.3 is 0 Å². The molecule has 0 fully saturated rings. The highest BCUT2D eigenvalue weighted by molar-refractivity contribution is 7.13. The van der Waals surface area contributed by atoms with Crippen LogP contribution in [0.5, 0.6) is 5.75 Å². The molecule has 0 radical (unpaired) electrons. The molecule has 0 unspecified atom stereocenters. The highest BCUT2D eigenvalue weighted by Gasteiger charge is 2.10. The molecular weight excluding hydrogens is 234 g/mol. The van der Waals surface area contributed by atoms with Gasteiger partial charge in [-0.05, 0) is 23.6 Å². The molecule has 2 N–H and O–H groups in total. The SMILES string of the molecule is Oc1ccccc1-c1n[nH]c(-c2cccs2)n1. The average molecular weight is 243 g/mol. The van der Waals surface area contributed by atoms with Gasteiger partial charge in [0.05, 0.1) is 10.4 Å². The molecule has 0 aliphatic heterocycles. The Morgan fingerprint density at radius 2 is 2.00 bits per heavy atom. The van der Waals surface area contributed by atoms with E-state index in [4.69, 9.17) is 0 Å². The number of H-pyrrole nitrogens is 1. The van der Waals surface area contributed by atoms with Gasteiger partial charge < -0.3 is 5.11 Å². The molecule has 0 spiro atoms. The number of hydrogen-bond donors (Lipinski definition) is 2. The van der Waals surface area contributed by atoms with Gasteiger partial charge in [-0.1, -0.05) is 18.2 Å². The van der Waals surface area contributed by atoms with Crippen LogP contribution in [0.25, 0.3) is 22.1 Å². The normalized spacial score (nSPS) is 10.6. The molecule has 5 heteroatoms. The summed E-state index contributed by atoms with van der Waals surface area (Å²) in [5.41, 5.74) is 0.631. The molecule has 84 valence electrons. The molecule has 3 aromatic rings. The van der Waals surface area contributed by atoms with Gasteiger partial charge in [-0.2, -0.15) is 5.10 Å². The summed E-state index contributed by atoms with van der Waals surface area (Å²) in [5.74, 6) is 1.41. The van der Waals surface area contributed by atoms with Gasteiger partial charge in [0, 0.05) is 0 Å². The summed E-state index contributed by atoms with van der Waals surface area (Å²) in [6.45, 7) is 0. The summed E-state index contributed by atoms with van der Waals surface area (Å²) < 4.78 is 0. The summed E-state index contributed by atoms with van der Waals surface area (Å²) in [6.07, 6.45) is 0. The first-order valence-electron chi connectivity index (χ1n) is 5.09. The average Bonchev–Trinajstić information content (AvgIpc) is 3.00. The van der Waals surface area contributed by atoms with Crippen molar-refractivity contribution in [2.75, 3.05) is 0 Å². The van der Waals surface area contributed by atoms with Crippen LogP contribution in [0.3, 0.4) is 0 Å². The van der Waals surface area contributed by atoms with Gasteiger partial charge in [-0.3, -0.25) is 5.10 Å². The fourth-order valence-electron chi connectivity index (χ4n) is 1.57. The van der Waals surface area contributed by atoms with Gasteiger partial charge in [0.2, 0.25) is 0 Å². The maximum absolute atomic E-state index is 9.71. The van der Waals surface area contributed by atoms with Gasteiger partial charge in [-0.15, -0.1) is 11.3 Å². The van der Waals surface area contributed by atoms with Crippen molar-refractivity contribution >= 4 is 11.3 Å². The van der Waals surface area contributed by atoms with Crippen LogP contribution in [0, 0.1) is 0 Å². The molecule has 4 nitrogen and oxygen atoms in total. The minimum absolute atomic E-state index is 0.184. The van der Waals surface area contributed by atoms with Crippen LogP contribution in [0.15, 0.2) is 41.8 Å². The number of phenolic OH excluding ortho intramolecular Hbond substituents is 1. The number of para-hydroxylation sites is 1. The maximum atomic E-state index is 9.71. The van der Waals surface area contributed by atoms with Gasteiger partial charge in [0.25, 0.3) is 0 Å². The summed E-state index contributed by atoms with van der Waals surface area (Å²) in [4.78, 5) is 5.39. The third-order valence-corrected chi connectivity index (χ3v) is 3.26. The lowest BCUT2D eigenvalue weighted by molar-refractivity contribution is 0.477. The summed E-state index contributed by atoms with van der Waals surface area (Å²) in [6, 6.07) is 11.0. The number of aromatic hydroxyl groups is 1. The van der Waals surface area contributed by atoms with Crippen molar-refractivity contribution < 1.29 is 5.11 Å². The summed E-state index contributed by atoms with van der Waals surface area (Å²) >= 11 is 1.59. The summed E-state index contributed by atoms with van der Waals surface area (Å²) in [7, 11) is 0. The lowest BCUT2D eigenvalue weighted by atomic mass is 10.2. The quantitative estimate of drug-likeness (QED) is 0.727. The molecule has 1 aromatic carbocycles. The lowest BCUT2D eigenvalue weighted by Crippen LogP contribution is -1.81. The molecule has 2 heterocycles. The number of benzene rings is 1. The highest BCUT2D eigenvalue weighted by atomic mass is 32.1. The second-order valence-corrected chi connectivity index (χ2v) is 4.45. The Labute approximate surface area is 102 Å². The third-order valence-electron chi connectivity index (χ3n) is 2.38. The smallest absolute Gasteiger partial charge is 0.185 e. The number of phenols is 1. The monoisotopic (exact) mass is 243 g/mol. The predicted molar refractivity (Wildman–Crippen MR) is 66.8 cm³/mol. The fourth-order valence-corrected chi connectivity index (χ4v) is 2.23. The highest BCUT2D eigenvalue weighted by Crippen LogP contribution is 2.28. The van der Waals surface area contributed by atoms with E-state index in [1.807, 2.05) is 23.6 Å². The van der Waals surface area contributed by atoms with Crippen molar-refractivity contribution in [2.45, 2.75) is 0 Å². The van der Waals surface area contributed by atoms with Crippen LogP contribution < -0.4 is 0 Å². The van der Waals surface area contributed by atoms with Gasteiger partial charge in [0.15, 0.2) is 11.6 Å². The Balaban J connectivity index is 2.04. The topological polar surface area (TPSA) is 61.8 Å². The minimum Gasteiger partial charge on any atom is -0.507 e. The van der Waals surface area contributed by atoms with Crippen LogP contribution in [0.2, 0.25) is 0 Å². The molecule has 0 saturated carbocycles. The van der Waals surface area contributed by atoms with E-state index in [1.54, 1.807) is 29.5 Å². The van der Waals surface area contributed by atoms with Gasteiger partial charge in [0.1, 0.15) is 5.75 Å². The Morgan fingerprint density at radius 3 is 2.76 bits per heavy atom. The van der Waals surface area contributed by atoms with E-state index >= 15 is 0 Å². The zero-order chi connectivity index (χ0) is 11.7. The first kappa shape index (κ1) is 10.0. The molecule has 0 amide bonds. The zero-order valence-corrected chi connectivity index (χ0v) is 9.61. The predicted octanol–water partition coefficient (Wildman–Crippen LogP) is 2.91. The molecule has 3 rings (SSSR count). The zero-order valence-electron chi connectivity index (χ0n) is 8.79. The van der Waals surface area contributed by atoms with Crippen molar-refractivity contribution in [3.05, 3.63) is 41.8 Å². The van der Waals surface area contributed by atoms with Crippen molar-refractivity contribution in [3.63, 3.8) is 0 Å². The van der Waals surface area contributed by atoms with Crippen molar-refractivity contribution in [2.24, 2.45) is 0 Å². The largest absolute Gasteiger partial charge is 0.507 e. The maximum Gasteiger partial charge on any atom is 0.185 e. The van der Waals surface area contributed by atoms with E-state index < -0.39 is 0 Å². The van der Waals surface area contributed by atoms with Crippen molar-refractivity contribution in [1.82, 2.24) is 15.2 Å². The van der Waals surface area contributed by atoms with E-state index in [1.165, 1.54) is 0 Å². The first-order chi connectivity index (χ1) is 8.34. The first-order valence-corrected chi connectivity index (χ1v) is 5.97. The third kappa shape index (κ3) is 1.81. The van der Waals surface area contributed by atoms with Gasteiger partial charge in [-0.25, -0.2) is 4.98 Å². The number of hydrogen-bond acceptors (Lipinski definition) is 4. The number of nitrogens with zero attached hydrogens (tertiary/aromatic N) is 2. The Hall–Kier alpha value is -2.14. The number of aromatic nitrogens is 3. The Morgan fingerprint density at radius 1 is 1.12 bits per heavy atom.